The predicted molar refractivity (Wildman–Crippen MR) is 82.9 cm³/mol. The van der Waals surface area contributed by atoms with Gasteiger partial charge in [-0.3, -0.25) is 4.79 Å². The highest BCUT2D eigenvalue weighted by Gasteiger charge is 2.23. The molecule has 21 heavy (non-hydrogen) atoms. The number of aliphatic carboxylic acids is 1. The molecule has 1 atom stereocenters. The van der Waals surface area contributed by atoms with Gasteiger partial charge in [0.2, 0.25) is 0 Å². The SMILES string of the molecule is CCc1ccc(CC(C(=O)O)c2ccccc2OC)cc1. The number of hydrogen-bond acceptors (Lipinski definition) is 2. The van der Waals surface area contributed by atoms with E-state index in [0.29, 0.717) is 17.7 Å². The fraction of sp³-hybridized carbons (Fsp3) is 0.278. The topological polar surface area (TPSA) is 46.5 Å². The van der Waals surface area contributed by atoms with Crippen LogP contribution in [0.5, 0.6) is 5.75 Å². The van der Waals surface area contributed by atoms with Crippen LogP contribution in [0.3, 0.4) is 0 Å². The lowest BCUT2D eigenvalue weighted by molar-refractivity contribution is -0.138. The molecule has 0 heterocycles. The molecule has 0 fully saturated rings. The summed E-state index contributed by atoms with van der Waals surface area (Å²) >= 11 is 0. The molecule has 0 aliphatic rings. The minimum atomic E-state index is -0.834. The van der Waals surface area contributed by atoms with E-state index in [1.165, 1.54) is 5.56 Å². The molecule has 2 rings (SSSR count). The Hall–Kier alpha value is -2.29. The minimum Gasteiger partial charge on any atom is -0.496 e. The van der Waals surface area contributed by atoms with E-state index < -0.39 is 11.9 Å². The van der Waals surface area contributed by atoms with E-state index in [1.54, 1.807) is 13.2 Å². The van der Waals surface area contributed by atoms with Crippen molar-refractivity contribution in [1.82, 2.24) is 0 Å². The maximum absolute atomic E-state index is 11.6. The van der Waals surface area contributed by atoms with Crippen LogP contribution in [0.4, 0.5) is 0 Å². The summed E-state index contributed by atoms with van der Waals surface area (Å²) in [4.78, 5) is 11.6. The van der Waals surface area contributed by atoms with Crippen molar-refractivity contribution in [3.63, 3.8) is 0 Å². The second-order valence-corrected chi connectivity index (χ2v) is 5.01. The Morgan fingerprint density at radius 1 is 1.10 bits per heavy atom. The van der Waals surface area contributed by atoms with Crippen molar-refractivity contribution in [1.29, 1.82) is 0 Å². The van der Waals surface area contributed by atoms with Crippen LogP contribution in [0, 0.1) is 0 Å². The van der Waals surface area contributed by atoms with Crippen molar-refractivity contribution in [2.24, 2.45) is 0 Å². The van der Waals surface area contributed by atoms with Gasteiger partial charge in [0.15, 0.2) is 0 Å². The van der Waals surface area contributed by atoms with Crippen LogP contribution in [-0.4, -0.2) is 18.2 Å². The summed E-state index contributed by atoms with van der Waals surface area (Å²) in [6.07, 6.45) is 1.44. The standard InChI is InChI=1S/C18H20O3/c1-3-13-8-10-14(11-9-13)12-16(18(19)20)15-6-4-5-7-17(15)21-2/h4-11,16H,3,12H2,1-2H3,(H,19,20). The van der Waals surface area contributed by atoms with Gasteiger partial charge in [0.1, 0.15) is 5.75 Å². The number of carbonyl (C=O) groups is 1. The van der Waals surface area contributed by atoms with Gasteiger partial charge >= 0.3 is 5.97 Å². The quantitative estimate of drug-likeness (QED) is 0.880. The van der Waals surface area contributed by atoms with Gasteiger partial charge in [0.25, 0.3) is 0 Å². The Labute approximate surface area is 125 Å². The number of para-hydroxylation sites is 1. The van der Waals surface area contributed by atoms with E-state index in [0.717, 1.165) is 12.0 Å². The Balaban J connectivity index is 2.28. The van der Waals surface area contributed by atoms with Crippen LogP contribution in [0.2, 0.25) is 0 Å². The molecular weight excluding hydrogens is 264 g/mol. The van der Waals surface area contributed by atoms with E-state index in [2.05, 4.69) is 19.1 Å². The third kappa shape index (κ3) is 3.63. The zero-order valence-corrected chi connectivity index (χ0v) is 12.4. The van der Waals surface area contributed by atoms with Gasteiger partial charge in [-0.1, -0.05) is 49.4 Å². The average Bonchev–Trinajstić information content (AvgIpc) is 2.53. The molecule has 0 amide bonds. The molecule has 110 valence electrons. The first-order valence-corrected chi connectivity index (χ1v) is 7.09. The number of ether oxygens (including phenoxy) is 1. The lowest BCUT2D eigenvalue weighted by atomic mass is 9.91. The summed E-state index contributed by atoms with van der Waals surface area (Å²) in [6, 6.07) is 15.4. The van der Waals surface area contributed by atoms with Crippen LogP contribution >= 0.6 is 0 Å². The number of hydrogen-bond donors (Lipinski definition) is 1. The van der Waals surface area contributed by atoms with Crippen LogP contribution in [-0.2, 0) is 17.6 Å². The summed E-state index contributed by atoms with van der Waals surface area (Å²) < 4.78 is 5.29. The van der Waals surface area contributed by atoms with Gasteiger partial charge in [0, 0.05) is 5.56 Å². The molecule has 0 aliphatic heterocycles. The van der Waals surface area contributed by atoms with Crippen LogP contribution < -0.4 is 4.74 Å². The molecule has 3 heteroatoms. The molecule has 0 bridgehead atoms. The van der Waals surface area contributed by atoms with Crippen molar-refractivity contribution in [3.8, 4) is 5.75 Å². The molecule has 2 aromatic carbocycles. The highest BCUT2D eigenvalue weighted by Crippen LogP contribution is 2.29. The number of carboxylic acid groups (broad SMARTS) is 1. The molecule has 0 radical (unpaired) electrons. The average molecular weight is 284 g/mol. The van der Waals surface area contributed by atoms with Crippen molar-refractivity contribution < 1.29 is 14.6 Å². The number of carboxylic acids is 1. The smallest absolute Gasteiger partial charge is 0.311 e. The van der Waals surface area contributed by atoms with Gasteiger partial charge in [0.05, 0.1) is 13.0 Å². The Morgan fingerprint density at radius 2 is 1.71 bits per heavy atom. The van der Waals surface area contributed by atoms with Crippen molar-refractivity contribution in [2.45, 2.75) is 25.7 Å². The third-order valence-corrected chi connectivity index (χ3v) is 3.68. The Morgan fingerprint density at radius 3 is 2.29 bits per heavy atom. The summed E-state index contributed by atoms with van der Waals surface area (Å²) in [5.74, 6) is -0.817. The summed E-state index contributed by atoms with van der Waals surface area (Å²) in [5.41, 5.74) is 2.99. The first-order valence-electron chi connectivity index (χ1n) is 7.09. The van der Waals surface area contributed by atoms with Crippen molar-refractivity contribution >= 4 is 5.97 Å². The zero-order chi connectivity index (χ0) is 15.2. The van der Waals surface area contributed by atoms with E-state index in [-0.39, 0.29) is 0 Å². The van der Waals surface area contributed by atoms with Crippen LogP contribution in [0.15, 0.2) is 48.5 Å². The summed E-state index contributed by atoms with van der Waals surface area (Å²) in [5, 5.41) is 9.55. The second kappa shape index (κ2) is 6.93. The second-order valence-electron chi connectivity index (χ2n) is 5.01. The third-order valence-electron chi connectivity index (χ3n) is 3.68. The lowest BCUT2D eigenvalue weighted by Crippen LogP contribution is -2.15. The molecule has 1 unspecified atom stereocenters. The number of methoxy groups -OCH3 is 1. The van der Waals surface area contributed by atoms with Gasteiger partial charge in [-0.15, -0.1) is 0 Å². The minimum absolute atomic E-state index is 0.458. The van der Waals surface area contributed by atoms with Crippen molar-refractivity contribution in [2.75, 3.05) is 7.11 Å². The number of benzene rings is 2. The van der Waals surface area contributed by atoms with Crippen LogP contribution in [0.1, 0.15) is 29.5 Å². The van der Waals surface area contributed by atoms with Gasteiger partial charge in [-0.2, -0.15) is 0 Å². The number of rotatable bonds is 6. The maximum atomic E-state index is 11.6. The molecule has 0 saturated carbocycles. The maximum Gasteiger partial charge on any atom is 0.311 e. The van der Waals surface area contributed by atoms with Gasteiger partial charge in [-0.25, -0.2) is 0 Å². The molecular formula is C18H20O3. The molecule has 0 saturated heterocycles. The number of aryl methyl sites for hydroxylation is 1. The summed E-state index contributed by atoms with van der Waals surface area (Å²) in [7, 11) is 1.56. The lowest BCUT2D eigenvalue weighted by Gasteiger charge is -2.16. The monoisotopic (exact) mass is 284 g/mol. The predicted octanol–water partition coefficient (Wildman–Crippen LogP) is 3.67. The molecule has 1 N–H and O–H groups in total. The largest absolute Gasteiger partial charge is 0.496 e. The fourth-order valence-electron chi connectivity index (χ4n) is 2.43. The van der Waals surface area contributed by atoms with Crippen LogP contribution in [0.25, 0.3) is 0 Å². The molecule has 0 aliphatic carbocycles. The highest BCUT2D eigenvalue weighted by molar-refractivity contribution is 5.77. The van der Waals surface area contributed by atoms with Gasteiger partial charge < -0.3 is 9.84 Å². The normalized spacial score (nSPS) is 11.9. The zero-order valence-electron chi connectivity index (χ0n) is 12.4. The van der Waals surface area contributed by atoms with E-state index in [4.69, 9.17) is 4.74 Å². The molecule has 0 aromatic heterocycles. The molecule has 3 nitrogen and oxygen atoms in total. The van der Waals surface area contributed by atoms with Crippen molar-refractivity contribution in [3.05, 3.63) is 65.2 Å². The van der Waals surface area contributed by atoms with E-state index in [9.17, 15) is 9.90 Å². The molecule has 2 aromatic rings. The fourth-order valence-corrected chi connectivity index (χ4v) is 2.43. The Kier molecular flexibility index (Phi) is 4.99. The highest BCUT2D eigenvalue weighted by atomic mass is 16.5. The Bertz CT molecular complexity index is 602. The first-order chi connectivity index (χ1) is 10.2. The van der Waals surface area contributed by atoms with E-state index in [1.807, 2.05) is 30.3 Å². The first kappa shape index (κ1) is 15.1. The molecule has 0 spiro atoms. The van der Waals surface area contributed by atoms with Gasteiger partial charge in [-0.05, 0) is 30.0 Å². The van der Waals surface area contributed by atoms with E-state index >= 15 is 0 Å². The summed E-state index contributed by atoms with van der Waals surface area (Å²) in [6.45, 7) is 2.10.